The molecule has 5 nitrogen and oxygen atoms in total. The fourth-order valence-corrected chi connectivity index (χ4v) is 5.02. The van der Waals surface area contributed by atoms with E-state index in [4.69, 9.17) is 4.74 Å². The number of aromatic nitrogens is 1. The fraction of sp³-hybridized carbons (Fsp3) is 0.360. The first-order valence-corrected chi connectivity index (χ1v) is 11.7. The lowest BCUT2D eigenvalue weighted by atomic mass is 10.0. The molecule has 0 spiro atoms. The third-order valence-electron chi connectivity index (χ3n) is 5.60. The summed E-state index contributed by atoms with van der Waals surface area (Å²) in [5.41, 5.74) is 2.74. The Morgan fingerprint density at radius 3 is 2.52 bits per heavy atom. The largest absolute Gasteiger partial charge is 0.494 e. The van der Waals surface area contributed by atoms with Crippen LogP contribution < -0.4 is 10.1 Å². The van der Waals surface area contributed by atoms with Gasteiger partial charge in [-0.1, -0.05) is 42.5 Å². The standard InChI is InChI=1S/C25H29N3O2S/c1-3-30-21-13-11-19(12-14-21)22(28-15-7-8-16-28)17-26-25(29)23-24(31-18(2)27-23)20-9-5-4-6-10-20/h4-6,9-14,22H,3,7-8,15-17H2,1-2H3,(H,26,29). The zero-order chi connectivity index (χ0) is 21.6. The minimum absolute atomic E-state index is 0.113. The van der Waals surface area contributed by atoms with Crippen molar-refractivity contribution in [2.45, 2.75) is 32.7 Å². The van der Waals surface area contributed by atoms with Gasteiger partial charge in [0.15, 0.2) is 0 Å². The van der Waals surface area contributed by atoms with Crippen LogP contribution in [0.1, 0.15) is 46.9 Å². The first-order chi connectivity index (χ1) is 15.2. The fourth-order valence-electron chi connectivity index (χ4n) is 4.10. The monoisotopic (exact) mass is 435 g/mol. The highest BCUT2D eigenvalue weighted by atomic mass is 32.1. The van der Waals surface area contributed by atoms with E-state index in [0.717, 1.165) is 34.3 Å². The van der Waals surface area contributed by atoms with Gasteiger partial charge in [0, 0.05) is 6.54 Å². The molecule has 31 heavy (non-hydrogen) atoms. The maximum Gasteiger partial charge on any atom is 0.271 e. The molecule has 1 amide bonds. The zero-order valence-electron chi connectivity index (χ0n) is 18.1. The molecule has 3 aromatic rings. The average molecular weight is 436 g/mol. The predicted octanol–water partition coefficient (Wildman–Crippen LogP) is 5.08. The van der Waals surface area contributed by atoms with Gasteiger partial charge in [0.2, 0.25) is 0 Å². The molecule has 4 rings (SSSR count). The Balaban J connectivity index is 1.52. The van der Waals surface area contributed by atoms with Crippen LogP contribution in [0.4, 0.5) is 0 Å². The highest BCUT2D eigenvalue weighted by Gasteiger charge is 2.25. The summed E-state index contributed by atoms with van der Waals surface area (Å²) in [6.45, 7) is 7.25. The maximum absolute atomic E-state index is 13.1. The maximum atomic E-state index is 13.1. The van der Waals surface area contributed by atoms with Gasteiger partial charge in [0.1, 0.15) is 11.4 Å². The van der Waals surface area contributed by atoms with Gasteiger partial charge in [0.05, 0.1) is 22.5 Å². The SMILES string of the molecule is CCOc1ccc(C(CNC(=O)c2nc(C)sc2-c2ccccc2)N2CCCC2)cc1. The normalized spacial score (nSPS) is 15.0. The quantitative estimate of drug-likeness (QED) is 0.536. The van der Waals surface area contributed by atoms with Crippen LogP contribution in [0.2, 0.25) is 0 Å². The van der Waals surface area contributed by atoms with Crippen LogP contribution in [0.25, 0.3) is 10.4 Å². The summed E-state index contributed by atoms with van der Waals surface area (Å²) >= 11 is 1.56. The summed E-state index contributed by atoms with van der Waals surface area (Å²) in [5.74, 6) is 0.763. The third-order valence-corrected chi connectivity index (χ3v) is 6.62. The predicted molar refractivity (Wildman–Crippen MR) is 126 cm³/mol. The number of hydrogen-bond acceptors (Lipinski definition) is 5. The van der Waals surface area contributed by atoms with Crippen LogP contribution in [0.3, 0.4) is 0 Å². The Kier molecular flexibility index (Phi) is 6.99. The zero-order valence-corrected chi connectivity index (χ0v) is 19.0. The molecule has 1 aliphatic heterocycles. The van der Waals surface area contributed by atoms with Crippen LogP contribution >= 0.6 is 11.3 Å². The van der Waals surface area contributed by atoms with E-state index in [-0.39, 0.29) is 11.9 Å². The topological polar surface area (TPSA) is 54.5 Å². The summed E-state index contributed by atoms with van der Waals surface area (Å²) < 4.78 is 5.59. The van der Waals surface area contributed by atoms with Gasteiger partial charge in [-0.2, -0.15) is 0 Å². The molecule has 1 unspecified atom stereocenters. The molecule has 2 aromatic carbocycles. The second-order valence-electron chi connectivity index (χ2n) is 7.75. The number of thiazole rings is 1. The summed E-state index contributed by atoms with van der Waals surface area (Å²) in [4.78, 5) is 21.1. The summed E-state index contributed by atoms with van der Waals surface area (Å²) in [7, 11) is 0. The van der Waals surface area contributed by atoms with Gasteiger partial charge >= 0.3 is 0 Å². The van der Waals surface area contributed by atoms with Crippen molar-refractivity contribution in [2.24, 2.45) is 0 Å². The van der Waals surface area contributed by atoms with E-state index in [0.29, 0.717) is 18.8 Å². The number of nitrogens with zero attached hydrogens (tertiary/aromatic N) is 2. The number of benzene rings is 2. The molecule has 1 atom stereocenters. The first-order valence-electron chi connectivity index (χ1n) is 10.9. The lowest BCUT2D eigenvalue weighted by molar-refractivity contribution is 0.0934. The van der Waals surface area contributed by atoms with Gasteiger partial charge in [-0.3, -0.25) is 9.69 Å². The van der Waals surface area contributed by atoms with Crippen molar-refractivity contribution in [3.63, 3.8) is 0 Å². The van der Waals surface area contributed by atoms with E-state index in [2.05, 4.69) is 27.3 Å². The second-order valence-corrected chi connectivity index (χ2v) is 8.95. The van der Waals surface area contributed by atoms with Crippen molar-refractivity contribution >= 4 is 17.2 Å². The van der Waals surface area contributed by atoms with Gasteiger partial charge < -0.3 is 10.1 Å². The Labute approximate surface area is 188 Å². The highest BCUT2D eigenvalue weighted by molar-refractivity contribution is 7.15. The van der Waals surface area contributed by atoms with Crippen molar-refractivity contribution < 1.29 is 9.53 Å². The van der Waals surface area contributed by atoms with Gasteiger partial charge in [-0.05, 0) is 63.0 Å². The number of hydrogen-bond donors (Lipinski definition) is 1. The number of rotatable bonds is 8. The van der Waals surface area contributed by atoms with Crippen molar-refractivity contribution in [1.29, 1.82) is 0 Å². The van der Waals surface area contributed by atoms with Crippen LogP contribution in [-0.2, 0) is 0 Å². The van der Waals surface area contributed by atoms with Crippen molar-refractivity contribution in [2.75, 3.05) is 26.2 Å². The van der Waals surface area contributed by atoms with E-state index < -0.39 is 0 Å². The Hall–Kier alpha value is -2.70. The number of ether oxygens (including phenoxy) is 1. The van der Waals surface area contributed by atoms with E-state index in [1.54, 1.807) is 11.3 Å². The van der Waals surface area contributed by atoms with Crippen LogP contribution in [0.5, 0.6) is 5.75 Å². The summed E-state index contributed by atoms with van der Waals surface area (Å²) in [5, 5.41) is 4.07. The molecule has 1 aliphatic rings. The first kappa shape index (κ1) is 21.5. The van der Waals surface area contributed by atoms with E-state index in [9.17, 15) is 4.79 Å². The van der Waals surface area contributed by atoms with Crippen molar-refractivity contribution in [1.82, 2.24) is 15.2 Å². The van der Waals surface area contributed by atoms with Crippen LogP contribution in [-0.4, -0.2) is 42.0 Å². The minimum atomic E-state index is -0.113. The molecule has 1 saturated heterocycles. The highest BCUT2D eigenvalue weighted by Crippen LogP contribution is 2.31. The van der Waals surface area contributed by atoms with Crippen molar-refractivity contribution in [3.8, 4) is 16.2 Å². The number of nitrogens with one attached hydrogen (secondary N) is 1. The number of likely N-dealkylation sites (tertiary alicyclic amines) is 1. The molecule has 2 heterocycles. The number of amides is 1. The average Bonchev–Trinajstić information content (AvgIpc) is 3.46. The van der Waals surface area contributed by atoms with Crippen molar-refractivity contribution in [3.05, 3.63) is 70.9 Å². The molecule has 0 aliphatic carbocycles. The van der Waals surface area contributed by atoms with E-state index in [1.807, 2.05) is 56.3 Å². The van der Waals surface area contributed by atoms with Crippen LogP contribution in [0, 0.1) is 6.92 Å². The Morgan fingerprint density at radius 1 is 1.13 bits per heavy atom. The van der Waals surface area contributed by atoms with Gasteiger partial charge in [-0.15, -0.1) is 11.3 Å². The van der Waals surface area contributed by atoms with E-state index >= 15 is 0 Å². The van der Waals surface area contributed by atoms with Gasteiger partial charge in [0.25, 0.3) is 5.91 Å². The molecule has 0 saturated carbocycles. The minimum Gasteiger partial charge on any atom is -0.494 e. The van der Waals surface area contributed by atoms with E-state index in [1.165, 1.54) is 18.4 Å². The molecule has 0 radical (unpaired) electrons. The van der Waals surface area contributed by atoms with Crippen LogP contribution in [0.15, 0.2) is 54.6 Å². The summed E-state index contributed by atoms with van der Waals surface area (Å²) in [6, 6.07) is 18.4. The lowest BCUT2D eigenvalue weighted by Gasteiger charge is -2.28. The molecule has 1 fully saturated rings. The number of aryl methyl sites for hydroxylation is 1. The molecular formula is C25H29N3O2S. The third kappa shape index (κ3) is 5.14. The second kappa shape index (κ2) is 10.1. The number of carbonyl (C=O) groups is 1. The Morgan fingerprint density at radius 2 is 1.84 bits per heavy atom. The summed E-state index contributed by atoms with van der Waals surface area (Å²) in [6.07, 6.45) is 2.40. The lowest BCUT2D eigenvalue weighted by Crippen LogP contribution is -2.37. The molecule has 162 valence electrons. The number of carbonyl (C=O) groups excluding carboxylic acids is 1. The molecule has 0 bridgehead atoms. The molecular weight excluding hydrogens is 406 g/mol. The molecule has 1 N–H and O–H groups in total. The smallest absolute Gasteiger partial charge is 0.271 e. The molecule has 6 heteroatoms. The van der Waals surface area contributed by atoms with Gasteiger partial charge in [-0.25, -0.2) is 4.98 Å². The molecule has 1 aromatic heterocycles. The Bertz CT molecular complexity index is 995.